The molecule has 2 aliphatic heterocycles. The number of aliphatic carboxylic acids is 1. The highest BCUT2D eigenvalue weighted by Gasteiger charge is 2.48. The molecule has 2 amide bonds. The number of nitrogens with one attached hydrogen (secondary N) is 1. The lowest BCUT2D eigenvalue weighted by molar-refractivity contribution is -0.137. The van der Waals surface area contributed by atoms with Gasteiger partial charge < -0.3 is 10.4 Å². The lowest BCUT2D eigenvalue weighted by Gasteiger charge is -2.16. The maximum Gasteiger partial charge on any atom is 0.341 e. The number of amides is 2. The minimum absolute atomic E-state index is 0.0370. The number of hydrogen-bond acceptors (Lipinski definition) is 5. The Bertz CT molecular complexity index is 365. The molecule has 2 saturated heterocycles. The van der Waals surface area contributed by atoms with Crippen LogP contribution in [0, 0.1) is 4.91 Å². The molecule has 0 bridgehead atoms. The van der Waals surface area contributed by atoms with E-state index < -0.39 is 12.0 Å². The van der Waals surface area contributed by atoms with E-state index in [1.807, 2.05) is 0 Å². The number of unbranched alkanes of at least 4 members (excludes halogenated alkanes) is 1. The molecule has 3 unspecified atom stereocenters. The molecule has 0 radical (unpaired) electrons. The highest BCUT2D eigenvalue weighted by Crippen LogP contribution is 2.36. The van der Waals surface area contributed by atoms with Gasteiger partial charge in [0.25, 0.3) is 0 Å². The lowest BCUT2D eigenvalue weighted by atomic mass is 10.0. The van der Waals surface area contributed by atoms with Crippen LogP contribution < -0.4 is 5.32 Å². The zero-order valence-corrected chi connectivity index (χ0v) is 10.6. The number of hydrogen-bond donors (Lipinski definition) is 2. The molecular formula is C10H15N3O4S. The molecule has 2 rings (SSSR count). The first-order valence-electron chi connectivity index (χ1n) is 5.90. The number of rotatable bonds is 6. The van der Waals surface area contributed by atoms with E-state index in [2.05, 4.69) is 10.6 Å². The van der Waals surface area contributed by atoms with Crippen molar-refractivity contribution < 1.29 is 14.7 Å². The third kappa shape index (κ3) is 2.58. The third-order valence-corrected chi connectivity index (χ3v) is 4.82. The van der Waals surface area contributed by atoms with Gasteiger partial charge in [-0.3, -0.25) is 4.79 Å². The van der Waals surface area contributed by atoms with Crippen LogP contribution in [0.3, 0.4) is 0 Å². The fourth-order valence-electron chi connectivity index (χ4n) is 2.43. The predicted molar refractivity (Wildman–Crippen MR) is 66.1 cm³/mol. The van der Waals surface area contributed by atoms with Crippen LogP contribution in [0.2, 0.25) is 0 Å². The zero-order chi connectivity index (χ0) is 13.1. The van der Waals surface area contributed by atoms with Crippen molar-refractivity contribution in [1.29, 1.82) is 0 Å². The number of urea groups is 1. The Morgan fingerprint density at radius 1 is 1.56 bits per heavy atom. The summed E-state index contributed by atoms with van der Waals surface area (Å²) in [6, 6.07) is -0.606. The van der Waals surface area contributed by atoms with E-state index >= 15 is 0 Å². The van der Waals surface area contributed by atoms with Crippen molar-refractivity contribution in [3.63, 3.8) is 0 Å². The number of carbonyl (C=O) groups excluding carboxylic acids is 1. The van der Waals surface area contributed by atoms with E-state index in [-0.39, 0.29) is 23.8 Å². The molecule has 100 valence electrons. The van der Waals surface area contributed by atoms with E-state index in [0.717, 1.165) is 17.9 Å². The van der Waals surface area contributed by atoms with Gasteiger partial charge in [0.1, 0.15) is 0 Å². The van der Waals surface area contributed by atoms with Gasteiger partial charge in [-0.2, -0.15) is 16.8 Å². The Morgan fingerprint density at radius 2 is 2.33 bits per heavy atom. The average Bonchev–Trinajstić information content (AvgIpc) is 2.82. The highest BCUT2D eigenvalue weighted by atomic mass is 32.2. The SMILES string of the molecule is O=NN1C(=O)NC2C(CCCCC(=O)O)SCC21. The van der Waals surface area contributed by atoms with Gasteiger partial charge in [-0.1, -0.05) is 6.42 Å². The summed E-state index contributed by atoms with van der Waals surface area (Å²) in [5, 5.41) is 15.3. The largest absolute Gasteiger partial charge is 0.481 e. The normalized spacial score (nSPS) is 30.1. The summed E-state index contributed by atoms with van der Waals surface area (Å²) < 4.78 is 0. The monoisotopic (exact) mass is 273 g/mol. The van der Waals surface area contributed by atoms with Crippen molar-refractivity contribution in [3.8, 4) is 0 Å². The van der Waals surface area contributed by atoms with Crippen LogP contribution in [0.25, 0.3) is 0 Å². The fraction of sp³-hybridized carbons (Fsp3) is 0.800. The molecule has 0 aromatic carbocycles. The molecule has 18 heavy (non-hydrogen) atoms. The number of nitroso groups, excluding NO2 is 1. The van der Waals surface area contributed by atoms with Crippen LogP contribution in [-0.2, 0) is 4.79 Å². The van der Waals surface area contributed by atoms with Crippen molar-refractivity contribution in [3.05, 3.63) is 4.91 Å². The van der Waals surface area contributed by atoms with E-state index in [4.69, 9.17) is 5.11 Å². The van der Waals surface area contributed by atoms with Crippen LogP contribution in [0.1, 0.15) is 25.7 Å². The number of carboxylic acids is 1. The second-order valence-electron chi connectivity index (χ2n) is 4.48. The second-order valence-corrected chi connectivity index (χ2v) is 5.75. The summed E-state index contributed by atoms with van der Waals surface area (Å²) >= 11 is 1.71. The van der Waals surface area contributed by atoms with Crippen molar-refractivity contribution in [2.45, 2.75) is 43.0 Å². The first kappa shape index (κ1) is 13.1. The minimum atomic E-state index is -0.780. The molecule has 2 aliphatic rings. The Balaban J connectivity index is 1.81. The molecule has 0 saturated carbocycles. The van der Waals surface area contributed by atoms with E-state index in [9.17, 15) is 14.5 Å². The van der Waals surface area contributed by atoms with Gasteiger partial charge in [-0.25, -0.2) is 4.79 Å². The lowest BCUT2D eigenvalue weighted by Crippen LogP contribution is -2.36. The molecule has 0 aromatic rings. The van der Waals surface area contributed by atoms with Crippen molar-refractivity contribution in [1.82, 2.24) is 10.3 Å². The van der Waals surface area contributed by atoms with Crippen LogP contribution in [0.5, 0.6) is 0 Å². The molecular weight excluding hydrogens is 258 g/mol. The van der Waals surface area contributed by atoms with Gasteiger partial charge in [0.2, 0.25) is 0 Å². The first-order valence-corrected chi connectivity index (χ1v) is 6.94. The summed E-state index contributed by atoms with van der Waals surface area (Å²) in [6.07, 6.45) is 2.50. The Kier molecular flexibility index (Phi) is 4.05. The Labute approximate surface area is 108 Å². The quantitative estimate of drug-likeness (QED) is 0.430. The standard InChI is InChI=1S/C10H15N3O4S/c14-8(15)4-2-1-3-7-9-6(5-18-7)13(12-17)10(16)11-9/h6-7,9H,1-5H2,(H,11,16)(H,14,15). The maximum atomic E-state index is 11.4. The fourth-order valence-corrected chi connectivity index (χ4v) is 4.01. The van der Waals surface area contributed by atoms with Crippen molar-refractivity contribution in [2.24, 2.45) is 5.29 Å². The smallest absolute Gasteiger partial charge is 0.341 e. The van der Waals surface area contributed by atoms with Crippen LogP contribution >= 0.6 is 11.8 Å². The molecule has 7 nitrogen and oxygen atoms in total. The van der Waals surface area contributed by atoms with Crippen molar-refractivity contribution >= 4 is 23.8 Å². The number of carbonyl (C=O) groups is 2. The Hall–Kier alpha value is -1.31. The molecule has 0 aromatic heterocycles. The Morgan fingerprint density at radius 3 is 3.00 bits per heavy atom. The molecule has 0 aliphatic carbocycles. The van der Waals surface area contributed by atoms with Gasteiger partial charge in [-0.15, -0.1) is 4.91 Å². The topological polar surface area (TPSA) is 99.1 Å². The number of nitrogens with zero attached hydrogens (tertiary/aromatic N) is 2. The number of carboxylic acid groups (broad SMARTS) is 1. The molecule has 2 heterocycles. The number of fused-ring (bicyclic) bond motifs is 1. The highest BCUT2D eigenvalue weighted by molar-refractivity contribution is 8.00. The second kappa shape index (κ2) is 5.55. The van der Waals surface area contributed by atoms with Gasteiger partial charge in [-0.05, 0) is 12.8 Å². The molecule has 2 N–H and O–H groups in total. The summed E-state index contributed by atoms with van der Waals surface area (Å²) in [4.78, 5) is 32.3. The summed E-state index contributed by atoms with van der Waals surface area (Å²) in [6.45, 7) is 0. The molecule has 3 atom stereocenters. The van der Waals surface area contributed by atoms with Gasteiger partial charge in [0.15, 0.2) is 0 Å². The van der Waals surface area contributed by atoms with Crippen LogP contribution in [-0.4, -0.2) is 45.2 Å². The summed E-state index contributed by atoms with van der Waals surface area (Å²) in [5.74, 6) is -0.0731. The number of thioether (sulfide) groups is 1. The third-order valence-electron chi connectivity index (χ3n) is 3.33. The van der Waals surface area contributed by atoms with E-state index in [0.29, 0.717) is 12.2 Å². The van der Waals surface area contributed by atoms with Crippen LogP contribution in [0.15, 0.2) is 5.29 Å². The van der Waals surface area contributed by atoms with Crippen LogP contribution in [0.4, 0.5) is 4.79 Å². The molecule has 2 fully saturated rings. The van der Waals surface area contributed by atoms with Crippen molar-refractivity contribution in [2.75, 3.05) is 5.75 Å². The maximum absolute atomic E-state index is 11.4. The van der Waals surface area contributed by atoms with Gasteiger partial charge in [0, 0.05) is 17.4 Å². The molecule has 0 spiro atoms. The first-order chi connectivity index (χ1) is 8.63. The minimum Gasteiger partial charge on any atom is -0.481 e. The zero-order valence-electron chi connectivity index (χ0n) is 9.74. The van der Waals surface area contributed by atoms with Gasteiger partial charge in [0.05, 0.1) is 17.4 Å². The van der Waals surface area contributed by atoms with E-state index in [1.165, 1.54) is 0 Å². The predicted octanol–water partition coefficient (Wildman–Crippen LogP) is 1.19. The average molecular weight is 273 g/mol. The summed E-state index contributed by atoms with van der Waals surface area (Å²) in [5.41, 5.74) is 0. The molecule has 8 heteroatoms. The van der Waals surface area contributed by atoms with Gasteiger partial charge >= 0.3 is 12.0 Å². The summed E-state index contributed by atoms with van der Waals surface area (Å²) in [7, 11) is 0. The van der Waals surface area contributed by atoms with E-state index in [1.54, 1.807) is 11.8 Å².